The Labute approximate surface area is 70.4 Å². The first-order valence-corrected chi connectivity index (χ1v) is 4.87. The van der Waals surface area contributed by atoms with Gasteiger partial charge < -0.3 is 5.73 Å². The van der Waals surface area contributed by atoms with Gasteiger partial charge >= 0.3 is 0 Å². The minimum absolute atomic E-state index is 0.469. The first-order chi connectivity index (χ1) is 5.11. The van der Waals surface area contributed by atoms with Crippen LogP contribution in [0.4, 0.5) is 0 Å². The van der Waals surface area contributed by atoms with E-state index in [0.717, 1.165) is 17.8 Å². The van der Waals surface area contributed by atoms with E-state index in [1.165, 1.54) is 19.3 Å². The third kappa shape index (κ3) is 2.19. The average molecular weight is 155 g/mol. The molecule has 1 aliphatic rings. The third-order valence-corrected chi connectivity index (χ3v) is 3.24. The van der Waals surface area contributed by atoms with Crippen molar-refractivity contribution in [2.24, 2.45) is 23.5 Å². The lowest BCUT2D eigenvalue weighted by Gasteiger charge is -2.33. The van der Waals surface area contributed by atoms with Crippen LogP contribution in [0.25, 0.3) is 0 Å². The number of hydrogen-bond donors (Lipinski definition) is 1. The second-order valence-electron chi connectivity index (χ2n) is 4.46. The van der Waals surface area contributed by atoms with Crippen molar-refractivity contribution < 1.29 is 0 Å². The summed E-state index contributed by atoms with van der Waals surface area (Å²) in [7, 11) is 0. The van der Waals surface area contributed by atoms with Crippen LogP contribution in [0.15, 0.2) is 0 Å². The first-order valence-electron chi connectivity index (χ1n) is 4.87. The Morgan fingerprint density at radius 2 is 1.91 bits per heavy atom. The van der Waals surface area contributed by atoms with Crippen molar-refractivity contribution in [3.63, 3.8) is 0 Å². The summed E-state index contributed by atoms with van der Waals surface area (Å²) >= 11 is 0. The minimum Gasteiger partial charge on any atom is -0.327 e. The predicted molar refractivity (Wildman–Crippen MR) is 49.3 cm³/mol. The summed E-state index contributed by atoms with van der Waals surface area (Å²) in [6, 6.07) is 0.469. The molecule has 1 saturated carbocycles. The van der Waals surface area contributed by atoms with Crippen LogP contribution in [-0.4, -0.2) is 6.04 Å². The summed E-state index contributed by atoms with van der Waals surface area (Å²) in [5, 5.41) is 0. The smallest absolute Gasteiger partial charge is 0.00672 e. The van der Waals surface area contributed by atoms with Crippen LogP contribution < -0.4 is 5.73 Å². The summed E-state index contributed by atoms with van der Waals surface area (Å²) in [5.74, 6) is 2.47. The zero-order chi connectivity index (χ0) is 8.43. The van der Waals surface area contributed by atoms with E-state index in [1.54, 1.807) is 0 Å². The zero-order valence-corrected chi connectivity index (χ0v) is 8.01. The molecule has 0 heterocycles. The molecule has 11 heavy (non-hydrogen) atoms. The van der Waals surface area contributed by atoms with E-state index in [-0.39, 0.29) is 0 Å². The molecule has 1 rings (SSSR count). The third-order valence-electron chi connectivity index (χ3n) is 3.24. The van der Waals surface area contributed by atoms with Gasteiger partial charge in [-0.05, 0) is 37.0 Å². The van der Waals surface area contributed by atoms with Crippen molar-refractivity contribution in [2.45, 2.75) is 46.1 Å². The second-order valence-corrected chi connectivity index (χ2v) is 4.46. The maximum Gasteiger partial charge on any atom is 0.00672 e. The standard InChI is InChI=1S/C10H21N/c1-7(2)9-5-4-8(3)10(11)6-9/h7-10H,4-6,11H2,1-3H3/t8-,9-,10?/m0/s1. The van der Waals surface area contributed by atoms with Gasteiger partial charge in [-0.2, -0.15) is 0 Å². The van der Waals surface area contributed by atoms with Gasteiger partial charge in [0.25, 0.3) is 0 Å². The van der Waals surface area contributed by atoms with Gasteiger partial charge in [-0.25, -0.2) is 0 Å². The topological polar surface area (TPSA) is 26.0 Å². The van der Waals surface area contributed by atoms with Crippen molar-refractivity contribution in [1.29, 1.82) is 0 Å². The van der Waals surface area contributed by atoms with E-state index in [2.05, 4.69) is 20.8 Å². The largest absolute Gasteiger partial charge is 0.327 e. The zero-order valence-electron chi connectivity index (χ0n) is 8.01. The molecule has 0 saturated heterocycles. The molecular weight excluding hydrogens is 134 g/mol. The molecule has 0 amide bonds. The summed E-state index contributed by atoms with van der Waals surface area (Å²) in [4.78, 5) is 0. The molecule has 0 aromatic carbocycles. The fourth-order valence-electron chi connectivity index (χ4n) is 2.00. The lowest BCUT2D eigenvalue weighted by Crippen LogP contribution is -2.36. The van der Waals surface area contributed by atoms with Gasteiger partial charge in [0.2, 0.25) is 0 Å². The van der Waals surface area contributed by atoms with E-state index in [0.29, 0.717) is 6.04 Å². The van der Waals surface area contributed by atoms with E-state index in [4.69, 9.17) is 5.73 Å². The summed E-state index contributed by atoms with van der Waals surface area (Å²) in [6.45, 7) is 6.90. The molecular formula is C10H21N. The Hall–Kier alpha value is -0.0400. The van der Waals surface area contributed by atoms with Crippen molar-refractivity contribution >= 4 is 0 Å². The molecule has 3 atom stereocenters. The molecule has 0 aromatic heterocycles. The van der Waals surface area contributed by atoms with Gasteiger partial charge in [-0.15, -0.1) is 0 Å². The molecule has 0 radical (unpaired) electrons. The number of hydrogen-bond acceptors (Lipinski definition) is 1. The molecule has 66 valence electrons. The van der Waals surface area contributed by atoms with Gasteiger partial charge in [0, 0.05) is 6.04 Å². The number of rotatable bonds is 1. The van der Waals surface area contributed by atoms with Gasteiger partial charge in [0.1, 0.15) is 0 Å². The summed E-state index contributed by atoms with van der Waals surface area (Å²) < 4.78 is 0. The highest BCUT2D eigenvalue weighted by Gasteiger charge is 2.26. The quantitative estimate of drug-likeness (QED) is 0.618. The molecule has 1 unspecified atom stereocenters. The van der Waals surface area contributed by atoms with E-state index < -0.39 is 0 Å². The maximum absolute atomic E-state index is 6.01. The Kier molecular flexibility index (Phi) is 2.94. The fraction of sp³-hybridized carbons (Fsp3) is 1.00. The molecule has 1 fully saturated rings. The summed E-state index contributed by atoms with van der Waals surface area (Å²) in [6.07, 6.45) is 3.98. The Morgan fingerprint density at radius 1 is 1.27 bits per heavy atom. The highest BCUT2D eigenvalue weighted by atomic mass is 14.7. The van der Waals surface area contributed by atoms with Crippen molar-refractivity contribution in [2.75, 3.05) is 0 Å². The molecule has 2 N–H and O–H groups in total. The van der Waals surface area contributed by atoms with Gasteiger partial charge in [0.15, 0.2) is 0 Å². The Balaban J connectivity index is 2.40. The van der Waals surface area contributed by atoms with Crippen LogP contribution in [0.2, 0.25) is 0 Å². The Bertz CT molecular complexity index is 120. The highest BCUT2D eigenvalue weighted by molar-refractivity contribution is 4.81. The lowest BCUT2D eigenvalue weighted by atomic mass is 9.75. The monoisotopic (exact) mass is 155 g/mol. The molecule has 0 bridgehead atoms. The molecule has 0 aromatic rings. The van der Waals surface area contributed by atoms with Crippen molar-refractivity contribution in [3.8, 4) is 0 Å². The molecule has 0 aliphatic heterocycles. The molecule has 0 spiro atoms. The fourth-order valence-corrected chi connectivity index (χ4v) is 2.00. The van der Waals surface area contributed by atoms with E-state index in [9.17, 15) is 0 Å². The highest BCUT2D eigenvalue weighted by Crippen LogP contribution is 2.32. The van der Waals surface area contributed by atoms with Gasteiger partial charge in [-0.1, -0.05) is 20.8 Å². The van der Waals surface area contributed by atoms with Crippen molar-refractivity contribution in [1.82, 2.24) is 0 Å². The van der Waals surface area contributed by atoms with Gasteiger partial charge in [0.05, 0.1) is 0 Å². The maximum atomic E-state index is 6.01. The number of nitrogens with two attached hydrogens (primary N) is 1. The minimum atomic E-state index is 0.469. The first kappa shape index (κ1) is 9.05. The normalized spacial score (nSPS) is 39.5. The lowest BCUT2D eigenvalue weighted by molar-refractivity contribution is 0.206. The molecule has 1 nitrogen and oxygen atoms in total. The van der Waals surface area contributed by atoms with Gasteiger partial charge in [-0.3, -0.25) is 0 Å². The molecule has 1 aliphatic carbocycles. The Morgan fingerprint density at radius 3 is 2.36 bits per heavy atom. The second kappa shape index (κ2) is 3.57. The predicted octanol–water partition coefficient (Wildman–Crippen LogP) is 2.41. The van der Waals surface area contributed by atoms with Crippen LogP contribution in [0, 0.1) is 17.8 Å². The van der Waals surface area contributed by atoms with E-state index >= 15 is 0 Å². The summed E-state index contributed by atoms with van der Waals surface area (Å²) in [5.41, 5.74) is 6.01. The van der Waals surface area contributed by atoms with Crippen LogP contribution in [0.3, 0.4) is 0 Å². The van der Waals surface area contributed by atoms with Crippen LogP contribution >= 0.6 is 0 Å². The van der Waals surface area contributed by atoms with Crippen LogP contribution in [0.1, 0.15) is 40.0 Å². The van der Waals surface area contributed by atoms with Crippen molar-refractivity contribution in [3.05, 3.63) is 0 Å². The molecule has 1 heteroatoms. The average Bonchev–Trinajstić information content (AvgIpc) is 1.94. The van der Waals surface area contributed by atoms with E-state index in [1.807, 2.05) is 0 Å². The van der Waals surface area contributed by atoms with Crippen LogP contribution in [0.5, 0.6) is 0 Å². The van der Waals surface area contributed by atoms with Crippen LogP contribution in [-0.2, 0) is 0 Å². The SMILES string of the molecule is CC(C)[C@H]1CC[C@H](C)C(N)C1.